The molecule has 0 aliphatic heterocycles. The van der Waals surface area contributed by atoms with Gasteiger partial charge in [-0.05, 0) is 28.7 Å². The third kappa shape index (κ3) is 4.07. The minimum absolute atomic E-state index is 0.0163. The summed E-state index contributed by atoms with van der Waals surface area (Å²) < 4.78 is 0. The first kappa shape index (κ1) is 17.4. The molecule has 0 aromatic heterocycles. The number of ketones is 1. The number of carbonyl (C=O) groups excluding carboxylic acids is 1. The summed E-state index contributed by atoms with van der Waals surface area (Å²) in [5, 5.41) is 20.2. The molecule has 24 heavy (non-hydrogen) atoms. The molecule has 2 rings (SSSR count). The summed E-state index contributed by atoms with van der Waals surface area (Å²) in [6.45, 7) is 6.30. The molecule has 0 saturated carbocycles. The number of nitro benzene ring substituents is 1. The molecule has 1 N–H and O–H groups in total. The summed E-state index contributed by atoms with van der Waals surface area (Å²) in [7, 11) is 0. The zero-order valence-corrected chi connectivity index (χ0v) is 13.8. The lowest BCUT2D eigenvalue weighted by molar-refractivity contribution is -0.385. The molecule has 5 nitrogen and oxygen atoms in total. The summed E-state index contributed by atoms with van der Waals surface area (Å²) in [5.41, 5.74) is 1.78. The van der Waals surface area contributed by atoms with Crippen molar-refractivity contribution in [1.82, 2.24) is 0 Å². The van der Waals surface area contributed by atoms with Crippen molar-refractivity contribution in [2.75, 3.05) is 0 Å². The van der Waals surface area contributed by atoms with Gasteiger partial charge in [0.1, 0.15) is 0 Å². The van der Waals surface area contributed by atoms with Crippen molar-refractivity contribution in [3.8, 4) is 5.75 Å². The van der Waals surface area contributed by atoms with Crippen LogP contribution >= 0.6 is 0 Å². The molecular weight excluding hydrogens is 306 g/mol. The van der Waals surface area contributed by atoms with Gasteiger partial charge in [0.05, 0.1) is 4.92 Å². The van der Waals surface area contributed by atoms with Crippen molar-refractivity contribution in [3.05, 3.63) is 75.3 Å². The highest BCUT2D eigenvalue weighted by Gasteiger charge is 2.14. The Kier molecular flexibility index (Phi) is 4.83. The third-order valence-electron chi connectivity index (χ3n) is 3.66. The molecule has 2 aromatic rings. The van der Waals surface area contributed by atoms with Gasteiger partial charge in [0.25, 0.3) is 0 Å². The Bertz CT molecular complexity index is 799. The summed E-state index contributed by atoms with van der Waals surface area (Å²) in [5.74, 6) is -0.590. The highest BCUT2D eigenvalue weighted by Crippen LogP contribution is 2.27. The quantitative estimate of drug-likeness (QED) is 0.388. The molecule has 0 aliphatic carbocycles. The van der Waals surface area contributed by atoms with Gasteiger partial charge in [-0.25, -0.2) is 0 Å². The van der Waals surface area contributed by atoms with E-state index in [0.717, 1.165) is 5.56 Å². The molecular formula is C19H19NO4. The number of nitro groups is 1. The van der Waals surface area contributed by atoms with E-state index in [1.807, 2.05) is 12.1 Å². The average Bonchev–Trinajstić information content (AvgIpc) is 2.52. The molecule has 5 heteroatoms. The molecule has 0 amide bonds. The Hall–Kier alpha value is -2.95. The van der Waals surface area contributed by atoms with Crippen LogP contribution in [0.5, 0.6) is 5.75 Å². The van der Waals surface area contributed by atoms with E-state index in [4.69, 9.17) is 0 Å². The van der Waals surface area contributed by atoms with Gasteiger partial charge in [-0.15, -0.1) is 0 Å². The van der Waals surface area contributed by atoms with Crippen LogP contribution in [-0.4, -0.2) is 15.8 Å². The van der Waals surface area contributed by atoms with E-state index in [0.29, 0.717) is 11.1 Å². The molecule has 0 unspecified atom stereocenters. The van der Waals surface area contributed by atoms with Gasteiger partial charge in [0, 0.05) is 11.6 Å². The first-order valence-corrected chi connectivity index (χ1v) is 7.49. The number of benzene rings is 2. The number of phenolic OH excluding ortho intramolecular Hbond substituents is 1. The predicted molar refractivity (Wildman–Crippen MR) is 93.3 cm³/mol. The highest BCUT2D eigenvalue weighted by molar-refractivity contribution is 6.06. The normalized spacial score (nSPS) is 11.6. The van der Waals surface area contributed by atoms with Gasteiger partial charge in [0.2, 0.25) is 0 Å². The molecule has 0 heterocycles. The highest BCUT2D eigenvalue weighted by atomic mass is 16.6. The molecule has 2 aromatic carbocycles. The first-order valence-electron chi connectivity index (χ1n) is 7.49. The fraction of sp³-hybridized carbons (Fsp3) is 0.211. The fourth-order valence-electron chi connectivity index (χ4n) is 2.19. The summed E-state index contributed by atoms with van der Waals surface area (Å²) in [4.78, 5) is 22.3. The minimum atomic E-state index is -0.667. The molecule has 0 bridgehead atoms. The van der Waals surface area contributed by atoms with E-state index in [-0.39, 0.29) is 16.9 Å². The van der Waals surface area contributed by atoms with Crippen LogP contribution in [0.4, 0.5) is 5.69 Å². The van der Waals surface area contributed by atoms with Crippen LogP contribution in [0.1, 0.15) is 42.3 Å². The fourth-order valence-corrected chi connectivity index (χ4v) is 2.19. The number of aromatic hydroxyl groups is 1. The second-order valence-electron chi connectivity index (χ2n) is 6.53. The Balaban J connectivity index is 2.19. The topological polar surface area (TPSA) is 80.4 Å². The third-order valence-corrected chi connectivity index (χ3v) is 3.66. The summed E-state index contributed by atoms with van der Waals surface area (Å²) in [6.07, 6.45) is 2.86. The predicted octanol–water partition coefficient (Wildman–Crippen LogP) is 4.49. The maximum absolute atomic E-state index is 12.2. The van der Waals surface area contributed by atoms with Crippen LogP contribution in [-0.2, 0) is 5.41 Å². The van der Waals surface area contributed by atoms with Crippen molar-refractivity contribution < 1.29 is 14.8 Å². The number of allylic oxidation sites excluding steroid dienone is 1. The molecule has 0 fully saturated rings. The lowest BCUT2D eigenvalue weighted by atomic mass is 9.86. The minimum Gasteiger partial charge on any atom is -0.502 e. The van der Waals surface area contributed by atoms with Gasteiger partial charge >= 0.3 is 5.69 Å². The molecule has 0 atom stereocenters. The largest absolute Gasteiger partial charge is 0.502 e. The number of rotatable bonds is 4. The summed E-state index contributed by atoms with van der Waals surface area (Å²) >= 11 is 0. The first-order chi connectivity index (χ1) is 11.2. The Morgan fingerprint density at radius 1 is 1.12 bits per heavy atom. The van der Waals surface area contributed by atoms with Crippen molar-refractivity contribution >= 4 is 17.5 Å². The summed E-state index contributed by atoms with van der Waals surface area (Å²) in [6, 6.07) is 11.4. The van der Waals surface area contributed by atoms with Crippen LogP contribution in [0.25, 0.3) is 6.08 Å². The number of hydrogen-bond donors (Lipinski definition) is 1. The van der Waals surface area contributed by atoms with Crippen LogP contribution in [0.15, 0.2) is 48.5 Å². The Morgan fingerprint density at radius 2 is 1.75 bits per heavy atom. The van der Waals surface area contributed by atoms with Gasteiger partial charge in [-0.1, -0.05) is 57.2 Å². The van der Waals surface area contributed by atoms with E-state index in [1.54, 1.807) is 12.1 Å². The molecule has 0 aliphatic rings. The lowest BCUT2D eigenvalue weighted by Crippen LogP contribution is -2.11. The molecule has 0 spiro atoms. The average molecular weight is 325 g/mol. The maximum Gasteiger partial charge on any atom is 0.311 e. The number of nitrogens with zero attached hydrogens (tertiary/aromatic N) is 1. The maximum atomic E-state index is 12.2. The second kappa shape index (κ2) is 6.66. The van der Waals surface area contributed by atoms with Crippen molar-refractivity contribution in [3.63, 3.8) is 0 Å². The zero-order chi connectivity index (χ0) is 17.9. The SMILES string of the molecule is CC(C)(C)c1ccc(C(=O)C=Cc2ccc(O)c([N+](=O)[O-])c2)cc1. The Labute approximate surface area is 140 Å². The van der Waals surface area contributed by atoms with E-state index >= 15 is 0 Å². The molecule has 124 valence electrons. The second-order valence-corrected chi connectivity index (χ2v) is 6.53. The number of phenols is 1. The smallest absolute Gasteiger partial charge is 0.311 e. The van der Waals surface area contributed by atoms with Crippen LogP contribution < -0.4 is 0 Å². The number of hydrogen-bond acceptors (Lipinski definition) is 4. The van der Waals surface area contributed by atoms with E-state index in [2.05, 4.69) is 20.8 Å². The van der Waals surface area contributed by atoms with Gasteiger partial charge in [-0.3, -0.25) is 14.9 Å². The lowest BCUT2D eigenvalue weighted by Gasteiger charge is -2.18. The van der Waals surface area contributed by atoms with Crippen molar-refractivity contribution in [2.45, 2.75) is 26.2 Å². The van der Waals surface area contributed by atoms with Gasteiger partial charge in [0.15, 0.2) is 11.5 Å². The molecule has 0 saturated heterocycles. The van der Waals surface area contributed by atoms with Crippen LogP contribution in [0.2, 0.25) is 0 Å². The van der Waals surface area contributed by atoms with E-state index in [1.165, 1.54) is 30.4 Å². The van der Waals surface area contributed by atoms with Crippen LogP contribution in [0, 0.1) is 10.1 Å². The molecule has 0 radical (unpaired) electrons. The van der Waals surface area contributed by atoms with E-state index < -0.39 is 10.7 Å². The Morgan fingerprint density at radius 3 is 2.29 bits per heavy atom. The standard InChI is InChI=1S/C19H19NO4/c1-19(2,3)15-8-6-14(7-9-15)17(21)10-4-13-5-11-18(22)16(12-13)20(23)24/h4-12,22H,1-3H3. The number of carbonyl (C=O) groups is 1. The van der Waals surface area contributed by atoms with E-state index in [9.17, 15) is 20.0 Å². The van der Waals surface area contributed by atoms with Gasteiger partial charge < -0.3 is 5.11 Å². The van der Waals surface area contributed by atoms with Crippen LogP contribution in [0.3, 0.4) is 0 Å². The van der Waals surface area contributed by atoms with Crippen molar-refractivity contribution in [2.24, 2.45) is 0 Å². The monoisotopic (exact) mass is 325 g/mol. The zero-order valence-electron chi connectivity index (χ0n) is 13.8. The van der Waals surface area contributed by atoms with Gasteiger partial charge in [-0.2, -0.15) is 0 Å². The van der Waals surface area contributed by atoms with Crippen molar-refractivity contribution in [1.29, 1.82) is 0 Å².